The number of anilines is 1. The Morgan fingerprint density at radius 2 is 1.55 bits per heavy atom. The molecule has 4 rings (SSSR count). The van der Waals surface area contributed by atoms with Crippen molar-refractivity contribution in [2.45, 2.75) is 70.6 Å². The molecule has 3 aromatic rings. The molecule has 44 heavy (non-hydrogen) atoms. The van der Waals surface area contributed by atoms with Gasteiger partial charge in [-0.05, 0) is 68.9 Å². The third-order valence-corrected chi connectivity index (χ3v) is 7.29. The lowest BCUT2D eigenvalue weighted by atomic mass is 9.88. The Labute approximate surface area is 259 Å². The first-order chi connectivity index (χ1) is 21.1. The van der Waals surface area contributed by atoms with E-state index in [0.29, 0.717) is 18.7 Å². The van der Waals surface area contributed by atoms with Crippen molar-refractivity contribution in [3.63, 3.8) is 0 Å². The molecule has 0 aliphatic carbocycles. The van der Waals surface area contributed by atoms with Crippen LogP contribution in [0.4, 0.5) is 10.5 Å². The Hall–Kier alpha value is -4.66. The minimum absolute atomic E-state index is 0.123. The van der Waals surface area contributed by atoms with E-state index in [9.17, 15) is 19.2 Å². The molecule has 3 aromatic carbocycles. The molecule has 4 amide bonds. The van der Waals surface area contributed by atoms with Gasteiger partial charge in [-0.15, -0.1) is 0 Å². The van der Waals surface area contributed by atoms with E-state index >= 15 is 0 Å². The van der Waals surface area contributed by atoms with Gasteiger partial charge >= 0.3 is 6.09 Å². The summed E-state index contributed by atoms with van der Waals surface area (Å²) in [4.78, 5) is 53.3. The molecule has 3 N–H and O–H groups in total. The summed E-state index contributed by atoms with van der Waals surface area (Å²) in [6, 6.07) is 26.2. The molecular weight excluding hydrogens is 556 g/mol. The second-order valence-corrected chi connectivity index (χ2v) is 12.1. The first-order valence-corrected chi connectivity index (χ1v) is 15.1. The van der Waals surface area contributed by atoms with Crippen molar-refractivity contribution in [3.8, 4) is 0 Å². The highest BCUT2D eigenvalue weighted by atomic mass is 16.6. The molecule has 0 aromatic heterocycles. The van der Waals surface area contributed by atoms with Crippen molar-refractivity contribution in [3.05, 3.63) is 102 Å². The molecule has 1 atom stereocenters. The predicted molar refractivity (Wildman–Crippen MR) is 170 cm³/mol. The van der Waals surface area contributed by atoms with Crippen molar-refractivity contribution >= 4 is 29.5 Å². The number of hydrogen-bond acceptors (Lipinski definition) is 5. The minimum atomic E-state index is -0.688. The topological polar surface area (TPSA) is 117 Å². The summed E-state index contributed by atoms with van der Waals surface area (Å²) in [6.07, 6.45) is 1.72. The summed E-state index contributed by atoms with van der Waals surface area (Å²) in [5.74, 6) is -0.937. The van der Waals surface area contributed by atoms with Gasteiger partial charge in [-0.3, -0.25) is 14.4 Å². The maximum absolute atomic E-state index is 13.5. The van der Waals surface area contributed by atoms with Crippen LogP contribution in [0.1, 0.15) is 69.1 Å². The van der Waals surface area contributed by atoms with Crippen molar-refractivity contribution in [2.75, 3.05) is 18.4 Å². The van der Waals surface area contributed by atoms with Crippen molar-refractivity contribution in [1.82, 2.24) is 15.5 Å². The minimum Gasteiger partial charge on any atom is -0.444 e. The highest BCUT2D eigenvalue weighted by Gasteiger charge is 2.30. The molecule has 1 unspecified atom stereocenters. The number of amides is 4. The first-order valence-electron chi connectivity index (χ1n) is 15.1. The van der Waals surface area contributed by atoms with Crippen LogP contribution in [0, 0.1) is 0 Å². The van der Waals surface area contributed by atoms with Crippen LogP contribution >= 0.6 is 0 Å². The number of alkyl carbamates (subject to hydrolysis) is 1. The Bertz CT molecular complexity index is 1380. The van der Waals surface area contributed by atoms with Crippen LogP contribution in [0.3, 0.4) is 0 Å². The number of nitrogens with one attached hydrogen (secondary N) is 3. The largest absolute Gasteiger partial charge is 0.444 e. The summed E-state index contributed by atoms with van der Waals surface area (Å²) >= 11 is 0. The monoisotopic (exact) mass is 598 g/mol. The maximum Gasteiger partial charge on any atom is 0.407 e. The molecule has 9 nitrogen and oxygen atoms in total. The van der Waals surface area contributed by atoms with Crippen LogP contribution in [0.5, 0.6) is 0 Å². The molecule has 1 saturated heterocycles. The number of rotatable bonds is 10. The van der Waals surface area contributed by atoms with E-state index in [1.54, 1.807) is 39.0 Å². The lowest BCUT2D eigenvalue weighted by Gasteiger charge is -2.25. The summed E-state index contributed by atoms with van der Waals surface area (Å²) in [5.41, 5.74) is 2.80. The summed E-state index contributed by atoms with van der Waals surface area (Å²) in [7, 11) is 0. The predicted octanol–water partition coefficient (Wildman–Crippen LogP) is 5.37. The molecule has 9 heteroatoms. The third-order valence-electron chi connectivity index (χ3n) is 7.29. The Morgan fingerprint density at radius 1 is 0.886 bits per heavy atom. The van der Waals surface area contributed by atoms with E-state index in [2.05, 4.69) is 16.0 Å². The highest BCUT2D eigenvalue weighted by molar-refractivity contribution is 5.96. The number of hydrogen-bond donors (Lipinski definition) is 3. The molecule has 232 valence electrons. The van der Waals surface area contributed by atoms with Gasteiger partial charge in [0, 0.05) is 31.1 Å². The first kappa shape index (κ1) is 32.3. The van der Waals surface area contributed by atoms with Gasteiger partial charge in [0.25, 0.3) is 0 Å². The van der Waals surface area contributed by atoms with Crippen LogP contribution < -0.4 is 16.0 Å². The van der Waals surface area contributed by atoms with Crippen molar-refractivity contribution < 1.29 is 23.9 Å². The van der Waals surface area contributed by atoms with Crippen LogP contribution in [0.25, 0.3) is 0 Å². The molecule has 0 saturated carbocycles. The SMILES string of the molecule is CC(C)(C)OC(=O)NCc1cccc(NC(=O)CN2CCCCC(NC(=O)CC(c3ccccc3)c3ccccc3)C2=O)c1. The van der Waals surface area contributed by atoms with Gasteiger partial charge < -0.3 is 25.6 Å². The standard InChI is InChI=1S/C35H42N4O5/c1-35(2,3)44-34(43)36-23-25-13-12-18-28(21-25)37-32(41)24-39-20-11-10-19-30(33(39)42)38-31(40)22-29(26-14-6-4-7-15-26)27-16-8-5-9-17-27/h4-9,12-18,21,29-30H,10-11,19-20,22-24H2,1-3H3,(H,36,43)(H,37,41)(H,38,40). The smallest absolute Gasteiger partial charge is 0.407 e. The molecule has 1 fully saturated rings. The molecule has 1 heterocycles. The van der Waals surface area contributed by atoms with Crippen LogP contribution in [-0.4, -0.2) is 53.4 Å². The summed E-state index contributed by atoms with van der Waals surface area (Å²) in [6.45, 7) is 5.93. The van der Waals surface area contributed by atoms with Crippen LogP contribution in [0.15, 0.2) is 84.9 Å². The molecule has 1 aliphatic rings. The second-order valence-electron chi connectivity index (χ2n) is 12.1. The van der Waals surface area contributed by atoms with E-state index in [4.69, 9.17) is 4.74 Å². The number of carbonyl (C=O) groups excluding carboxylic acids is 4. The Morgan fingerprint density at radius 3 is 2.18 bits per heavy atom. The Kier molecular flexibility index (Phi) is 11.1. The molecule has 0 spiro atoms. The lowest BCUT2D eigenvalue weighted by Crippen LogP contribution is -2.49. The number of carbonyl (C=O) groups is 4. The fourth-order valence-corrected chi connectivity index (χ4v) is 5.25. The van der Waals surface area contributed by atoms with Gasteiger partial charge in [0.05, 0.1) is 6.54 Å². The van der Waals surface area contributed by atoms with Gasteiger partial charge in [0.1, 0.15) is 11.6 Å². The van der Waals surface area contributed by atoms with E-state index in [0.717, 1.165) is 29.5 Å². The van der Waals surface area contributed by atoms with Gasteiger partial charge in [0.15, 0.2) is 0 Å². The third kappa shape index (κ3) is 9.97. The quantitative estimate of drug-likeness (QED) is 0.290. The zero-order chi connectivity index (χ0) is 31.5. The lowest BCUT2D eigenvalue weighted by molar-refractivity contribution is -0.138. The fraction of sp³-hybridized carbons (Fsp3) is 0.371. The van der Waals surface area contributed by atoms with Gasteiger partial charge in [-0.25, -0.2) is 4.79 Å². The average molecular weight is 599 g/mol. The summed E-state index contributed by atoms with van der Waals surface area (Å²) < 4.78 is 5.27. The highest BCUT2D eigenvalue weighted by Crippen LogP contribution is 2.28. The van der Waals surface area contributed by atoms with Crippen molar-refractivity contribution in [1.29, 1.82) is 0 Å². The number of nitrogens with zero attached hydrogens (tertiary/aromatic N) is 1. The zero-order valence-electron chi connectivity index (χ0n) is 25.7. The van der Waals surface area contributed by atoms with Gasteiger partial charge in [-0.1, -0.05) is 72.8 Å². The Balaban J connectivity index is 1.33. The normalized spacial score (nSPS) is 15.3. The van der Waals surface area contributed by atoms with E-state index in [1.807, 2.05) is 66.7 Å². The second kappa shape index (κ2) is 15.2. The van der Waals surface area contributed by atoms with Crippen molar-refractivity contribution in [2.24, 2.45) is 0 Å². The molecular formula is C35H42N4O5. The van der Waals surface area contributed by atoms with E-state index in [-0.39, 0.29) is 43.1 Å². The zero-order valence-corrected chi connectivity index (χ0v) is 25.7. The molecule has 0 radical (unpaired) electrons. The van der Waals surface area contributed by atoms with E-state index in [1.165, 1.54) is 4.90 Å². The number of likely N-dealkylation sites (tertiary alicyclic amines) is 1. The van der Waals surface area contributed by atoms with E-state index < -0.39 is 17.7 Å². The molecule has 1 aliphatic heterocycles. The van der Waals surface area contributed by atoms with Gasteiger partial charge in [0.2, 0.25) is 17.7 Å². The fourth-order valence-electron chi connectivity index (χ4n) is 5.25. The van der Waals surface area contributed by atoms with Crippen LogP contribution in [-0.2, 0) is 25.7 Å². The average Bonchev–Trinajstić information content (AvgIpc) is 3.15. The maximum atomic E-state index is 13.5. The number of ether oxygens (including phenoxy) is 1. The summed E-state index contributed by atoms with van der Waals surface area (Å²) in [5, 5.41) is 8.52. The van der Waals surface area contributed by atoms with Crippen LogP contribution in [0.2, 0.25) is 0 Å². The van der Waals surface area contributed by atoms with Gasteiger partial charge in [-0.2, -0.15) is 0 Å². The molecule has 0 bridgehead atoms. The number of benzene rings is 3.